The number of benzene rings is 1. The van der Waals surface area contributed by atoms with Crippen LogP contribution in [-0.2, 0) is 0 Å². The molecule has 1 aliphatic heterocycles. The third kappa shape index (κ3) is 5.61. The van der Waals surface area contributed by atoms with Crippen molar-refractivity contribution in [1.82, 2.24) is 20.9 Å². The number of piperazine rings is 1. The molecule has 1 unspecified atom stereocenters. The molecule has 1 saturated heterocycles. The summed E-state index contributed by atoms with van der Waals surface area (Å²) in [6.07, 6.45) is 7.62. The zero-order chi connectivity index (χ0) is 21.1. The van der Waals surface area contributed by atoms with Crippen LogP contribution in [0.15, 0.2) is 18.2 Å². The smallest absolute Gasteiger partial charge is 0.315 e. The Balaban J connectivity index is 1.39. The normalized spacial score (nSPS) is 28.7. The Bertz CT molecular complexity index is 741. The fraction of sp³-hybridized carbons (Fsp3) is 0.696. The maximum Gasteiger partial charge on any atom is 0.315 e. The molecule has 3 N–H and O–H groups in total. The number of hydrogen-bond donors (Lipinski definition) is 3. The second-order valence-electron chi connectivity index (χ2n) is 9.56. The molecule has 4 rings (SSSR count). The number of carbonyl (C=O) groups excluding carboxylic acids is 1. The summed E-state index contributed by atoms with van der Waals surface area (Å²) in [5, 5.41) is 11.1. The van der Waals surface area contributed by atoms with Crippen molar-refractivity contribution in [2.45, 2.75) is 69.5 Å². The van der Waals surface area contributed by atoms with Gasteiger partial charge in [-0.2, -0.15) is 0 Å². The van der Waals surface area contributed by atoms with E-state index >= 15 is 0 Å². The summed E-state index contributed by atoms with van der Waals surface area (Å²) in [6.45, 7) is 6.27. The first-order valence-electron chi connectivity index (χ1n) is 11.4. The molecule has 0 aromatic heterocycles. The van der Waals surface area contributed by atoms with E-state index in [-0.39, 0.29) is 11.6 Å². The minimum atomic E-state index is -0.103. The number of urea groups is 1. The summed E-state index contributed by atoms with van der Waals surface area (Å²) < 4.78 is 0. The molecule has 3 fully saturated rings. The highest BCUT2D eigenvalue weighted by molar-refractivity contribution is 6.42. The minimum absolute atomic E-state index is 0.00264. The Labute approximate surface area is 190 Å². The third-order valence-electron chi connectivity index (χ3n) is 7.03. The summed E-state index contributed by atoms with van der Waals surface area (Å²) in [6, 6.07) is 6.71. The van der Waals surface area contributed by atoms with Gasteiger partial charge in [0.05, 0.1) is 10.0 Å². The van der Waals surface area contributed by atoms with Gasteiger partial charge in [0.15, 0.2) is 0 Å². The molecule has 7 heteroatoms. The Morgan fingerprint density at radius 3 is 2.57 bits per heavy atom. The highest BCUT2D eigenvalue weighted by Gasteiger charge is 2.36. The van der Waals surface area contributed by atoms with Crippen LogP contribution in [0.1, 0.15) is 63.5 Å². The largest absolute Gasteiger partial charge is 0.335 e. The van der Waals surface area contributed by atoms with Crippen LogP contribution < -0.4 is 16.0 Å². The van der Waals surface area contributed by atoms with E-state index in [4.69, 9.17) is 23.2 Å². The van der Waals surface area contributed by atoms with Gasteiger partial charge in [-0.05, 0) is 69.4 Å². The molecule has 30 heavy (non-hydrogen) atoms. The van der Waals surface area contributed by atoms with E-state index in [1.54, 1.807) is 0 Å². The van der Waals surface area contributed by atoms with Gasteiger partial charge in [-0.1, -0.05) is 35.3 Å². The van der Waals surface area contributed by atoms with Gasteiger partial charge in [0.25, 0.3) is 0 Å². The van der Waals surface area contributed by atoms with E-state index in [1.165, 1.54) is 0 Å². The molecule has 2 saturated carbocycles. The maximum absolute atomic E-state index is 12.2. The molecule has 5 nitrogen and oxygen atoms in total. The van der Waals surface area contributed by atoms with E-state index in [1.807, 2.05) is 12.1 Å². The second-order valence-corrected chi connectivity index (χ2v) is 10.3. The number of hydrogen-bond acceptors (Lipinski definition) is 3. The fourth-order valence-electron chi connectivity index (χ4n) is 4.96. The average molecular weight is 453 g/mol. The number of nitrogens with zero attached hydrogens (tertiary/aromatic N) is 1. The van der Waals surface area contributed by atoms with Crippen LogP contribution in [0.3, 0.4) is 0 Å². The van der Waals surface area contributed by atoms with Crippen LogP contribution in [0.2, 0.25) is 10.0 Å². The fourth-order valence-corrected chi connectivity index (χ4v) is 5.39. The van der Waals surface area contributed by atoms with Crippen molar-refractivity contribution in [2.24, 2.45) is 5.92 Å². The molecule has 0 radical (unpaired) electrons. The number of halogens is 2. The molecule has 0 bridgehead atoms. The number of carbonyl (C=O) groups is 1. The van der Waals surface area contributed by atoms with Gasteiger partial charge < -0.3 is 16.0 Å². The Morgan fingerprint density at radius 1 is 1.20 bits per heavy atom. The molecule has 2 amide bonds. The lowest BCUT2D eigenvalue weighted by Crippen LogP contribution is -2.52. The van der Waals surface area contributed by atoms with Crippen molar-refractivity contribution >= 4 is 29.2 Å². The third-order valence-corrected chi connectivity index (χ3v) is 7.86. The van der Waals surface area contributed by atoms with Gasteiger partial charge >= 0.3 is 6.03 Å². The zero-order valence-electron chi connectivity index (χ0n) is 17.9. The van der Waals surface area contributed by atoms with E-state index < -0.39 is 0 Å². The number of amides is 2. The molecule has 1 aromatic rings. The topological polar surface area (TPSA) is 56.4 Å². The predicted octanol–water partition coefficient (Wildman–Crippen LogP) is 4.74. The molecule has 0 spiro atoms. The van der Waals surface area contributed by atoms with Crippen molar-refractivity contribution in [3.8, 4) is 0 Å². The Morgan fingerprint density at radius 2 is 1.90 bits per heavy atom. The van der Waals surface area contributed by atoms with Gasteiger partial charge in [0, 0.05) is 43.8 Å². The summed E-state index contributed by atoms with van der Waals surface area (Å²) in [7, 11) is 0. The van der Waals surface area contributed by atoms with Crippen LogP contribution in [0.4, 0.5) is 4.79 Å². The molecule has 3 aliphatic rings. The Kier molecular flexibility index (Phi) is 7.13. The zero-order valence-corrected chi connectivity index (χ0v) is 19.4. The molecule has 1 aromatic carbocycles. The van der Waals surface area contributed by atoms with Crippen molar-refractivity contribution in [2.75, 3.05) is 26.2 Å². The summed E-state index contributed by atoms with van der Waals surface area (Å²) in [5.74, 6) is 0.626. The molecule has 1 atom stereocenters. The van der Waals surface area contributed by atoms with Crippen LogP contribution >= 0.6 is 23.2 Å². The molecular formula is C23H34Cl2N4O. The average Bonchev–Trinajstić information content (AvgIpc) is 3.54. The van der Waals surface area contributed by atoms with Gasteiger partial charge in [-0.25, -0.2) is 4.79 Å². The van der Waals surface area contributed by atoms with Crippen LogP contribution in [0, 0.1) is 5.92 Å². The summed E-state index contributed by atoms with van der Waals surface area (Å²) in [5.41, 5.74) is 1.05. The van der Waals surface area contributed by atoms with E-state index in [0.29, 0.717) is 28.0 Å². The van der Waals surface area contributed by atoms with Crippen LogP contribution in [-0.4, -0.2) is 48.7 Å². The van der Waals surface area contributed by atoms with E-state index in [0.717, 1.165) is 76.7 Å². The van der Waals surface area contributed by atoms with E-state index in [9.17, 15) is 4.79 Å². The van der Waals surface area contributed by atoms with Crippen molar-refractivity contribution in [3.63, 3.8) is 0 Å². The van der Waals surface area contributed by atoms with Gasteiger partial charge in [-0.15, -0.1) is 0 Å². The molecule has 1 heterocycles. The highest BCUT2D eigenvalue weighted by Crippen LogP contribution is 2.41. The quantitative estimate of drug-likeness (QED) is 0.583. The Hall–Kier alpha value is -1.01. The van der Waals surface area contributed by atoms with Gasteiger partial charge in [-0.3, -0.25) is 4.90 Å². The molecule has 2 aliphatic carbocycles. The van der Waals surface area contributed by atoms with Crippen LogP contribution in [0.25, 0.3) is 0 Å². The maximum atomic E-state index is 12.2. The second kappa shape index (κ2) is 9.64. The first-order valence-corrected chi connectivity index (χ1v) is 12.2. The molecule has 166 valence electrons. The van der Waals surface area contributed by atoms with Gasteiger partial charge in [0.2, 0.25) is 0 Å². The van der Waals surface area contributed by atoms with E-state index in [2.05, 4.69) is 33.8 Å². The number of rotatable bonds is 6. The first-order chi connectivity index (χ1) is 14.4. The van der Waals surface area contributed by atoms with Gasteiger partial charge in [0.1, 0.15) is 0 Å². The standard InChI is InChI=1S/C23H34Cl2N4O/c1-23(28-22(30)27-17-5-6-17)9-7-16(8-10-23)15-20(29-13-11-26-12-14-29)18-3-2-4-19(24)21(18)25/h2-4,16-17,20,26H,5-15H2,1H3,(H2,27,28,30). The van der Waals surface area contributed by atoms with Crippen molar-refractivity contribution < 1.29 is 4.79 Å². The minimum Gasteiger partial charge on any atom is -0.335 e. The van der Waals surface area contributed by atoms with Crippen LogP contribution in [0.5, 0.6) is 0 Å². The SMILES string of the molecule is CC1(NC(=O)NC2CC2)CCC(CC(c2cccc(Cl)c2Cl)N2CCNCC2)CC1. The first kappa shape index (κ1) is 22.2. The van der Waals surface area contributed by atoms with Crippen molar-refractivity contribution in [3.05, 3.63) is 33.8 Å². The monoisotopic (exact) mass is 452 g/mol. The highest BCUT2D eigenvalue weighted by atomic mass is 35.5. The lowest BCUT2D eigenvalue weighted by molar-refractivity contribution is 0.124. The summed E-state index contributed by atoms with van der Waals surface area (Å²) in [4.78, 5) is 14.8. The molecular weight excluding hydrogens is 419 g/mol. The summed E-state index contributed by atoms with van der Waals surface area (Å²) >= 11 is 13.0. The van der Waals surface area contributed by atoms with Crippen molar-refractivity contribution in [1.29, 1.82) is 0 Å². The lowest BCUT2D eigenvalue weighted by atomic mass is 9.75. The predicted molar refractivity (Wildman–Crippen MR) is 123 cm³/mol. The lowest BCUT2D eigenvalue weighted by Gasteiger charge is -2.41. The number of nitrogens with one attached hydrogen (secondary N) is 3.